The SMILES string of the molecule is CN(C)CCNc1ccnc2c(-c3ccccc3F)cnn12. The zero-order chi connectivity index (χ0) is 15.5. The lowest BCUT2D eigenvalue weighted by Crippen LogP contribution is -2.21. The molecule has 3 rings (SSSR count). The highest BCUT2D eigenvalue weighted by atomic mass is 19.1. The van der Waals surface area contributed by atoms with Crippen LogP contribution in [0, 0.1) is 5.82 Å². The summed E-state index contributed by atoms with van der Waals surface area (Å²) in [7, 11) is 4.04. The number of rotatable bonds is 5. The first-order chi connectivity index (χ1) is 10.7. The van der Waals surface area contributed by atoms with E-state index in [4.69, 9.17) is 0 Å². The van der Waals surface area contributed by atoms with Gasteiger partial charge in [-0.1, -0.05) is 18.2 Å². The van der Waals surface area contributed by atoms with Crippen LogP contribution in [0.25, 0.3) is 16.8 Å². The minimum atomic E-state index is -0.273. The van der Waals surface area contributed by atoms with E-state index in [9.17, 15) is 4.39 Å². The van der Waals surface area contributed by atoms with Gasteiger partial charge in [0.25, 0.3) is 0 Å². The van der Waals surface area contributed by atoms with Crippen LogP contribution < -0.4 is 5.32 Å². The molecule has 1 N–H and O–H groups in total. The highest BCUT2D eigenvalue weighted by Crippen LogP contribution is 2.26. The second-order valence-electron chi connectivity index (χ2n) is 5.33. The topological polar surface area (TPSA) is 45.5 Å². The monoisotopic (exact) mass is 299 g/mol. The zero-order valence-corrected chi connectivity index (χ0v) is 12.6. The maximum absolute atomic E-state index is 14.0. The molecule has 0 atom stereocenters. The van der Waals surface area contributed by atoms with Crippen LogP contribution in [0.1, 0.15) is 0 Å². The average Bonchev–Trinajstić information content (AvgIpc) is 2.92. The molecule has 0 aliphatic rings. The van der Waals surface area contributed by atoms with Gasteiger partial charge in [-0.2, -0.15) is 9.61 Å². The molecule has 3 aromatic rings. The molecule has 2 heterocycles. The fraction of sp³-hybridized carbons (Fsp3) is 0.250. The first kappa shape index (κ1) is 14.5. The van der Waals surface area contributed by atoms with Gasteiger partial charge in [0, 0.05) is 30.4 Å². The lowest BCUT2D eigenvalue weighted by molar-refractivity contribution is 0.425. The highest BCUT2D eigenvalue weighted by molar-refractivity contribution is 5.78. The Morgan fingerprint density at radius 1 is 1.18 bits per heavy atom. The van der Waals surface area contributed by atoms with E-state index in [0.29, 0.717) is 16.8 Å². The fourth-order valence-corrected chi connectivity index (χ4v) is 2.30. The number of nitrogens with zero attached hydrogens (tertiary/aromatic N) is 4. The minimum Gasteiger partial charge on any atom is -0.369 e. The molecule has 0 fully saturated rings. The number of anilines is 1. The average molecular weight is 299 g/mol. The van der Waals surface area contributed by atoms with Crippen LogP contribution in [-0.4, -0.2) is 46.7 Å². The number of nitrogens with one attached hydrogen (secondary N) is 1. The van der Waals surface area contributed by atoms with E-state index in [1.807, 2.05) is 20.2 Å². The van der Waals surface area contributed by atoms with Crippen molar-refractivity contribution in [2.45, 2.75) is 0 Å². The van der Waals surface area contributed by atoms with Crippen molar-refractivity contribution in [2.75, 3.05) is 32.5 Å². The van der Waals surface area contributed by atoms with Crippen LogP contribution in [0.2, 0.25) is 0 Å². The van der Waals surface area contributed by atoms with Gasteiger partial charge < -0.3 is 10.2 Å². The summed E-state index contributed by atoms with van der Waals surface area (Å²) >= 11 is 0. The van der Waals surface area contributed by atoms with E-state index in [0.717, 1.165) is 18.9 Å². The van der Waals surface area contributed by atoms with Crippen molar-refractivity contribution in [3.63, 3.8) is 0 Å². The molecular weight excluding hydrogens is 281 g/mol. The van der Waals surface area contributed by atoms with Crippen LogP contribution in [0.3, 0.4) is 0 Å². The van der Waals surface area contributed by atoms with Gasteiger partial charge in [-0.05, 0) is 26.2 Å². The Bertz CT molecular complexity index is 781. The summed E-state index contributed by atoms with van der Waals surface area (Å²) < 4.78 is 15.7. The number of hydrogen-bond donors (Lipinski definition) is 1. The third-order valence-corrected chi connectivity index (χ3v) is 3.43. The molecule has 0 saturated carbocycles. The van der Waals surface area contributed by atoms with Gasteiger partial charge in [-0.15, -0.1) is 0 Å². The zero-order valence-electron chi connectivity index (χ0n) is 12.6. The molecule has 6 heteroatoms. The normalized spacial score (nSPS) is 11.3. The van der Waals surface area contributed by atoms with Crippen LogP contribution in [-0.2, 0) is 0 Å². The summed E-state index contributed by atoms with van der Waals surface area (Å²) in [6.07, 6.45) is 3.36. The molecule has 0 bridgehead atoms. The van der Waals surface area contributed by atoms with E-state index < -0.39 is 0 Å². The Balaban J connectivity index is 1.97. The predicted molar refractivity (Wildman–Crippen MR) is 85.4 cm³/mol. The van der Waals surface area contributed by atoms with Crippen molar-refractivity contribution >= 4 is 11.5 Å². The molecule has 0 amide bonds. The van der Waals surface area contributed by atoms with Gasteiger partial charge in [-0.25, -0.2) is 9.37 Å². The lowest BCUT2D eigenvalue weighted by atomic mass is 10.1. The minimum absolute atomic E-state index is 0.273. The molecular formula is C16H18FN5. The second-order valence-corrected chi connectivity index (χ2v) is 5.33. The maximum Gasteiger partial charge on any atom is 0.165 e. The molecule has 0 saturated heterocycles. The van der Waals surface area contributed by atoms with Crippen molar-refractivity contribution in [1.82, 2.24) is 19.5 Å². The van der Waals surface area contributed by atoms with Gasteiger partial charge in [0.15, 0.2) is 5.65 Å². The highest BCUT2D eigenvalue weighted by Gasteiger charge is 2.13. The first-order valence-corrected chi connectivity index (χ1v) is 7.13. The van der Waals surface area contributed by atoms with Crippen LogP contribution in [0.5, 0.6) is 0 Å². The summed E-state index contributed by atoms with van der Waals surface area (Å²) in [5.41, 5.74) is 1.84. The predicted octanol–water partition coefficient (Wildman–Crippen LogP) is 2.51. The van der Waals surface area contributed by atoms with E-state index in [-0.39, 0.29) is 5.82 Å². The Morgan fingerprint density at radius 2 is 2.00 bits per heavy atom. The summed E-state index contributed by atoms with van der Waals surface area (Å²) in [4.78, 5) is 6.44. The number of fused-ring (bicyclic) bond motifs is 1. The number of likely N-dealkylation sites (N-methyl/N-ethyl adjacent to an activating group) is 1. The van der Waals surface area contributed by atoms with Crippen LogP contribution >= 0.6 is 0 Å². The quantitative estimate of drug-likeness (QED) is 0.786. The largest absolute Gasteiger partial charge is 0.369 e. The van der Waals surface area contributed by atoms with Crippen molar-refractivity contribution in [2.24, 2.45) is 0 Å². The Morgan fingerprint density at radius 3 is 2.77 bits per heavy atom. The van der Waals surface area contributed by atoms with Gasteiger partial charge >= 0.3 is 0 Å². The molecule has 0 radical (unpaired) electrons. The summed E-state index contributed by atoms with van der Waals surface area (Å²) in [6, 6.07) is 8.52. The fourth-order valence-electron chi connectivity index (χ4n) is 2.30. The molecule has 22 heavy (non-hydrogen) atoms. The number of halogens is 1. The standard InChI is InChI=1S/C16H18FN5/c1-21(2)10-9-18-15-7-8-19-16-13(11-20-22(15)16)12-5-3-4-6-14(12)17/h3-8,11,18H,9-10H2,1-2H3. The smallest absolute Gasteiger partial charge is 0.165 e. The third-order valence-electron chi connectivity index (χ3n) is 3.43. The van der Waals surface area contributed by atoms with E-state index in [1.54, 1.807) is 35.1 Å². The molecule has 114 valence electrons. The van der Waals surface area contributed by atoms with Crippen molar-refractivity contribution in [3.05, 3.63) is 48.5 Å². The van der Waals surface area contributed by atoms with E-state index in [2.05, 4.69) is 20.3 Å². The lowest BCUT2D eigenvalue weighted by Gasteiger charge is -2.12. The van der Waals surface area contributed by atoms with Crippen molar-refractivity contribution in [3.8, 4) is 11.1 Å². The Hall–Kier alpha value is -2.47. The number of benzene rings is 1. The number of hydrogen-bond acceptors (Lipinski definition) is 4. The molecule has 5 nitrogen and oxygen atoms in total. The van der Waals surface area contributed by atoms with E-state index >= 15 is 0 Å². The molecule has 0 aliphatic heterocycles. The summed E-state index contributed by atoms with van der Waals surface area (Å²) in [5.74, 6) is 0.569. The van der Waals surface area contributed by atoms with Crippen LogP contribution in [0.4, 0.5) is 10.2 Å². The number of aromatic nitrogens is 3. The van der Waals surface area contributed by atoms with Gasteiger partial charge in [0.05, 0.1) is 6.20 Å². The first-order valence-electron chi connectivity index (χ1n) is 7.13. The van der Waals surface area contributed by atoms with Crippen molar-refractivity contribution < 1.29 is 4.39 Å². The van der Waals surface area contributed by atoms with Crippen LogP contribution in [0.15, 0.2) is 42.7 Å². The Labute approximate surface area is 128 Å². The third kappa shape index (κ3) is 2.78. The van der Waals surface area contributed by atoms with Gasteiger partial charge in [-0.3, -0.25) is 0 Å². The van der Waals surface area contributed by atoms with Gasteiger partial charge in [0.2, 0.25) is 0 Å². The Kier molecular flexibility index (Phi) is 4.02. The summed E-state index contributed by atoms with van der Waals surface area (Å²) in [5, 5.41) is 7.67. The van der Waals surface area contributed by atoms with Gasteiger partial charge in [0.1, 0.15) is 11.6 Å². The molecule has 0 unspecified atom stereocenters. The molecule has 1 aromatic carbocycles. The maximum atomic E-state index is 14.0. The van der Waals surface area contributed by atoms with E-state index in [1.165, 1.54) is 6.07 Å². The van der Waals surface area contributed by atoms with Crippen molar-refractivity contribution in [1.29, 1.82) is 0 Å². The second kappa shape index (κ2) is 6.11. The summed E-state index contributed by atoms with van der Waals surface area (Å²) in [6.45, 7) is 1.70. The molecule has 0 aliphatic carbocycles. The molecule has 2 aromatic heterocycles. The molecule has 0 spiro atoms.